The minimum absolute atomic E-state index is 0.214. The van der Waals surface area contributed by atoms with Gasteiger partial charge in [-0.25, -0.2) is 0 Å². The smallest absolute Gasteiger partial charge is 0.139 e. The maximum absolute atomic E-state index is 11.8. The summed E-state index contributed by atoms with van der Waals surface area (Å²) in [5, 5.41) is 0. The first-order valence-electron chi connectivity index (χ1n) is 5.22. The molecule has 0 N–H and O–H groups in total. The molecule has 3 aliphatic carbocycles. The van der Waals surface area contributed by atoms with Gasteiger partial charge in [0.25, 0.3) is 0 Å². The number of Topliss-reactive ketones (excluding diaryl/α,β-unsaturated/α-hetero) is 1. The van der Waals surface area contributed by atoms with Gasteiger partial charge in [0, 0.05) is 11.8 Å². The molecule has 3 atom stereocenters. The van der Waals surface area contributed by atoms with E-state index in [4.69, 9.17) is 0 Å². The number of hydrogen-bond donors (Lipinski definition) is 0. The molecule has 1 spiro atoms. The third-order valence-electron chi connectivity index (χ3n) is 4.86. The fourth-order valence-electron chi connectivity index (χ4n) is 4.02. The molecule has 1 unspecified atom stereocenters. The molecule has 66 valence electrons. The summed E-state index contributed by atoms with van der Waals surface area (Å²) < 4.78 is 0. The van der Waals surface area contributed by atoms with Crippen molar-refractivity contribution < 1.29 is 4.79 Å². The van der Waals surface area contributed by atoms with Gasteiger partial charge in [0.1, 0.15) is 5.78 Å². The maximum atomic E-state index is 11.8. The molecule has 0 aromatic heterocycles. The van der Waals surface area contributed by atoms with Crippen molar-refractivity contribution in [3.8, 4) is 0 Å². The number of ketones is 1. The number of hydrogen-bond acceptors (Lipinski definition) is 1. The molecule has 0 aromatic rings. The Balaban J connectivity index is 2.06. The highest BCUT2D eigenvalue weighted by molar-refractivity contribution is 5.90. The third kappa shape index (κ3) is 0.541. The average molecular weight is 164 g/mol. The van der Waals surface area contributed by atoms with Crippen LogP contribution in [0.15, 0.2) is 0 Å². The zero-order valence-electron chi connectivity index (χ0n) is 7.73. The summed E-state index contributed by atoms with van der Waals surface area (Å²) in [5.41, 5.74) is 0.637. The van der Waals surface area contributed by atoms with Gasteiger partial charge in [-0.3, -0.25) is 4.79 Å². The van der Waals surface area contributed by atoms with Gasteiger partial charge in [-0.05, 0) is 43.4 Å². The van der Waals surface area contributed by atoms with Gasteiger partial charge < -0.3 is 0 Å². The van der Waals surface area contributed by atoms with E-state index in [-0.39, 0.29) is 5.41 Å². The van der Waals surface area contributed by atoms with E-state index in [9.17, 15) is 4.79 Å². The Morgan fingerprint density at radius 1 is 1.42 bits per heavy atom. The molecule has 0 bridgehead atoms. The van der Waals surface area contributed by atoms with E-state index >= 15 is 0 Å². The maximum Gasteiger partial charge on any atom is 0.139 e. The lowest BCUT2D eigenvalue weighted by Crippen LogP contribution is -2.37. The minimum Gasteiger partial charge on any atom is -0.299 e. The van der Waals surface area contributed by atoms with Crippen LogP contribution in [0.3, 0.4) is 0 Å². The summed E-state index contributed by atoms with van der Waals surface area (Å²) in [6, 6.07) is 0. The molecule has 1 nitrogen and oxygen atoms in total. The molecule has 0 amide bonds. The van der Waals surface area contributed by atoms with E-state index in [0.29, 0.717) is 11.2 Å². The highest BCUT2D eigenvalue weighted by atomic mass is 16.1. The molecule has 0 aliphatic heterocycles. The van der Waals surface area contributed by atoms with Crippen molar-refractivity contribution in [2.45, 2.75) is 45.4 Å². The Labute approximate surface area is 73.5 Å². The molecule has 0 saturated heterocycles. The van der Waals surface area contributed by atoms with Crippen molar-refractivity contribution in [3.63, 3.8) is 0 Å². The predicted molar refractivity (Wildman–Crippen MR) is 46.7 cm³/mol. The van der Waals surface area contributed by atoms with Gasteiger partial charge in [-0.2, -0.15) is 0 Å². The quantitative estimate of drug-likeness (QED) is 0.537. The van der Waals surface area contributed by atoms with Crippen molar-refractivity contribution in [2.75, 3.05) is 0 Å². The lowest BCUT2D eigenvalue weighted by molar-refractivity contribution is -0.131. The van der Waals surface area contributed by atoms with Crippen LogP contribution in [0, 0.1) is 16.7 Å². The fourth-order valence-corrected chi connectivity index (χ4v) is 4.02. The summed E-state index contributed by atoms with van der Waals surface area (Å²) in [7, 11) is 0. The van der Waals surface area contributed by atoms with Crippen LogP contribution in [0.25, 0.3) is 0 Å². The summed E-state index contributed by atoms with van der Waals surface area (Å²) >= 11 is 0. The fraction of sp³-hybridized carbons (Fsp3) is 0.909. The van der Waals surface area contributed by atoms with Crippen LogP contribution in [0.5, 0.6) is 0 Å². The molecule has 3 rings (SSSR count). The van der Waals surface area contributed by atoms with Crippen LogP contribution in [0.1, 0.15) is 45.4 Å². The highest BCUT2D eigenvalue weighted by Crippen LogP contribution is 2.75. The third-order valence-corrected chi connectivity index (χ3v) is 4.86. The summed E-state index contributed by atoms with van der Waals surface area (Å²) in [4.78, 5) is 11.8. The summed E-state index contributed by atoms with van der Waals surface area (Å²) in [6.07, 6.45) is 7.25. The van der Waals surface area contributed by atoms with Crippen molar-refractivity contribution in [1.29, 1.82) is 0 Å². The van der Waals surface area contributed by atoms with Crippen LogP contribution < -0.4 is 0 Å². The van der Waals surface area contributed by atoms with Crippen LogP contribution in [-0.2, 0) is 4.79 Å². The second-order valence-corrected chi connectivity index (χ2v) is 5.25. The molecule has 0 radical (unpaired) electrons. The van der Waals surface area contributed by atoms with E-state index in [0.717, 1.165) is 18.8 Å². The molecular formula is C11H16O. The lowest BCUT2D eigenvalue weighted by Gasteiger charge is -2.38. The molecule has 3 aliphatic rings. The van der Waals surface area contributed by atoms with E-state index in [1.165, 1.54) is 25.7 Å². The molecule has 1 heteroatoms. The molecule has 12 heavy (non-hydrogen) atoms. The molecule has 3 saturated carbocycles. The number of carbonyl (C=O) groups excluding carboxylic acids is 1. The molecule has 0 heterocycles. The van der Waals surface area contributed by atoms with Crippen molar-refractivity contribution in [2.24, 2.45) is 16.7 Å². The van der Waals surface area contributed by atoms with Crippen LogP contribution in [0.4, 0.5) is 0 Å². The first kappa shape index (κ1) is 7.11. The van der Waals surface area contributed by atoms with Gasteiger partial charge >= 0.3 is 0 Å². The Bertz CT molecular complexity index is 258. The second kappa shape index (κ2) is 1.78. The zero-order valence-corrected chi connectivity index (χ0v) is 7.73. The number of rotatable bonds is 0. The van der Waals surface area contributed by atoms with E-state index in [2.05, 4.69) is 6.92 Å². The minimum atomic E-state index is 0.214. The normalized spacial score (nSPS) is 56.4. The van der Waals surface area contributed by atoms with E-state index in [1.54, 1.807) is 0 Å². The van der Waals surface area contributed by atoms with Gasteiger partial charge in [0.05, 0.1) is 0 Å². The Morgan fingerprint density at radius 3 is 2.92 bits per heavy atom. The SMILES string of the molecule is C[C@@]12CCCC(=O)C13C[C@H]3CC2. The Kier molecular flexibility index (Phi) is 1.06. The Morgan fingerprint density at radius 2 is 2.25 bits per heavy atom. The van der Waals surface area contributed by atoms with E-state index in [1.807, 2.05) is 0 Å². The van der Waals surface area contributed by atoms with Gasteiger partial charge in [0.2, 0.25) is 0 Å². The second-order valence-electron chi connectivity index (χ2n) is 5.25. The summed E-state index contributed by atoms with van der Waals surface area (Å²) in [5.74, 6) is 1.41. The molecular weight excluding hydrogens is 148 g/mol. The van der Waals surface area contributed by atoms with Crippen molar-refractivity contribution >= 4 is 5.78 Å². The van der Waals surface area contributed by atoms with Gasteiger partial charge in [0.15, 0.2) is 0 Å². The highest BCUT2D eigenvalue weighted by Gasteiger charge is 2.72. The predicted octanol–water partition coefficient (Wildman–Crippen LogP) is 2.55. The van der Waals surface area contributed by atoms with Crippen LogP contribution in [0.2, 0.25) is 0 Å². The topological polar surface area (TPSA) is 17.1 Å². The number of carbonyl (C=O) groups is 1. The Hall–Kier alpha value is -0.330. The lowest BCUT2D eigenvalue weighted by atomic mass is 9.65. The van der Waals surface area contributed by atoms with Crippen molar-refractivity contribution in [1.82, 2.24) is 0 Å². The average Bonchev–Trinajstić information content (AvgIpc) is 2.69. The zero-order chi connectivity index (χ0) is 8.40. The van der Waals surface area contributed by atoms with Crippen molar-refractivity contribution in [3.05, 3.63) is 0 Å². The molecule has 0 aromatic carbocycles. The monoisotopic (exact) mass is 164 g/mol. The van der Waals surface area contributed by atoms with Crippen LogP contribution in [-0.4, -0.2) is 5.78 Å². The van der Waals surface area contributed by atoms with Gasteiger partial charge in [-0.1, -0.05) is 6.92 Å². The first-order chi connectivity index (χ1) is 5.69. The van der Waals surface area contributed by atoms with E-state index < -0.39 is 0 Å². The van der Waals surface area contributed by atoms with Gasteiger partial charge in [-0.15, -0.1) is 0 Å². The molecule has 3 fully saturated rings. The largest absolute Gasteiger partial charge is 0.299 e. The van der Waals surface area contributed by atoms with Crippen LogP contribution >= 0.6 is 0 Å². The summed E-state index contributed by atoms with van der Waals surface area (Å²) in [6.45, 7) is 2.36. The standard InChI is InChI=1S/C11H16O/c1-10-5-2-3-9(12)11(10)7-8(11)4-6-10/h8H,2-7H2,1H3/t8-,10+,11?/m1/s1. The first-order valence-corrected chi connectivity index (χ1v) is 5.22.